The van der Waals surface area contributed by atoms with Gasteiger partial charge in [0.05, 0.1) is 12.6 Å². The zero-order chi connectivity index (χ0) is 15.3. The van der Waals surface area contributed by atoms with Gasteiger partial charge in [0.1, 0.15) is 0 Å². The Bertz CT molecular complexity index is 504. The molecule has 0 saturated heterocycles. The summed E-state index contributed by atoms with van der Waals surface area (Å²) in [5, 5.41) is 16.0. The van der Waals surface area contributed by atoms with Crippen LogP contribution in [0.1, 0.15) is 44.1 Å². The first-order chi connectivity index (χ1) is 9.99. The van der Waals surface area contributed by atoms with E-state index in [2.05, 4.69) is 10.4 Å². The van der Waals surface area contributed by atoms with E-state index in [4.69, 9.17) is 5.11 Å². The number of nitrogens with zero attached hydrogens (tertiary/aromatic N) is 2. The van der Waals surface area contributed by atoms with Gasteiger partial charge >= 0.3 is 5.97 Å². The molecule has 0 spiro atoms. The summed E-state index contributed by atoms with van der Waals surface area (Å²) in [7, 11) is 1.86. The minimum Gasteiger partial charge on any atom is -0.481 e. The van der Waals surface area contributed by atoms with Gasteiger partial charge < -0.3 is 10.4 Å². The lowest BCUT2D eigenvalue weighted by molar-refractivity contribution is -0.140. The second kappa shape index (κ2) is 6.74. The Morgan fingerprint density at radius 2 is 2.10 bits per heavy atom. The number of carbonyl (C=O) groups is 2. The van der Waals surface area contributed by atoms with E-state index in [1.165, 1.54) is 0 Å². The molecule has 0 unspecified atom stereocenters. The highest BCUT2D eigenvalue weighted by Crippen LogP contribution is 2.43. The Kier molecular flexibility index (Phi) is 4.98. The molecule has 1 saturated carbocycles. The van der Waals surface area contributed by atoms with E-state index in [9.17, 15) is 9.59 Å². The maximum atomic E-state index is 12.1. The van der Waals surface area contributed by atoms with E-state index in [1.54, 1.807) is 10.9 Å². The lowest BCUT2D eigenvalue weighted by Gasteiger charge is -2.26. The third-order valence-corrected chi connectivity index (χ3v) is 4.22. The number of carboxylic acid groups (broad SMARTS) is 1. The quantitative estimate of drug-likeness (QED) is 0.798. The van der Waals surface area contributed by atoms with Gasteiger partial charge in [-0.25, -0.2) is 0 Å². The number of aryl methyl sites for hydroxylation is 1. The highest BCUT2D eigenvalue weighted by Gasteiger charge is 2.37. The summed E-state index contributed by atoms with van der Waals surface area (Å²) in [5.74, 6) is -0.845. The average Bonchev–Trinajstić information content (AvgIpc) is 2.98. The monoisotopic (exact) mass is 293 g/mol. The highest BCUT2D eigenvalue weighted by molar-refractivity contribution is 5.78. The van der Waals surface area contributed by atoms with Crippen LogP contribution in [0.4, 0.5) is 0 Å². The fourth-order valence-corrected chi connectivity index (χ4v) is 3.21. The zero-order valence-electron chi connectivity index (χ0n) is 12.5. The number of amides is 1. The first kappa shape index (κ1) is 15.5. The summed E-state index contributed by atoms with van der Waals surface area (Å²) >= 11 is 0. The van der Waals surface area contributed by atoms with Crippen LogP contribution in [-0.2, 0) is 23.1 Å². The van der Waals surface area contributed by atoms with E-state index < -0.39 is 5.97 Å². The third-order valence-electron chi connectivity index (χ3n) is 4.22. The van der Waals surface area contributed by atoms with Crippen LogP contribution >= 0.6 is 0 Å². The van der Waals surface area contributed by atoms with Gasteiger partial charge in [-0.2, -0.15) is 5.10 Å². The molecule has 1 aliphatic rings. The van der Waals surface area contributed by atoms with Gasteiger partial charge in [-0.05, 0) is 30.2 Å². The standard InChI is InChI=1S/C15H23N3O3/c1-18-11-12(10-17-18)4-7-16-13(19)8-15(9-14(20)21)5-2-3-6-15/h10-11H,2-9H2,1H3,(H,16,19)(H,20,21). The van der Waals surface area contributed by atoms with Crippen LogP contribution in [0.3, 0.4) is 0 Å². The Balaban J connectivity index is 1.78. The number of hydrogen-bond acceptors (Lipinski definition) is 3. The second-order valence-electron chi connectivity index (χ2n) is 6.08. The molecule has 1 aromatic rings. The number of carboxylic acids is 1. The van der Waals surface area contributed by atoms with Crippen molar-refractivity contribution in [3.05, 3.63) is 18.0 Å². The summed E-state index contributed by atoms with van der Waals surface area (Å²) in [4.78, 5) is 23.1. The van der Waals surface area contributed by atoms with Crippen molar-refractivity contribution in [1.29, 1.82) is 0 Å². The summed E-state index contributed by atoms with van der Waals surface area (Å²) < 4.78 is 1.73. The number of rotatable bonds is 7. The van der Waals surface area contributed by atoms with E-state index in [-0.39, 0.29) is 17.7 Å². The van der Waals surface area contributed by atoms with Crippen LogP contribution in [0.2, 0.25) is 0 Å². The molecule has 1 aromatic heterocycles. The number of aliphatic carboxylic acids is 1. The topological polar surface area (TPSA) is 84.2 Å². The maximum Gasteiger partial charge on any atom is 0.303 e. The van der Waals surface area contributed by atoms with Gasteiger partial charge in [0.15, 0.2) is 0 Å². The molecule has 0 bridgehead atoms. The van der Waals surface area contributed by atoms with Crippen LogP contribution in [0.5, 0.6) is 0 Å². The summed E-state index contributed by atoms with van der Waals surface area (Å²) in [6.45, 7) is 0.563. The molecule has 0 aliphatic heterocycles. The fraction of sp³-hybridized carbons (Fsp3) is 0.667. The van der Waals surface area contributed by atoms with Crippen molar-refractivity contribution >= 4 is 11.9 Å². The van der Waals surface area contributed by atoms with Gasteiger partial charge in [-0.1, -0.05) is 12.8 Å². The summed E-state index contributed by atoms with van der Waals surface area (Å²) in [5.41, 5.74) is 0.753. The summed E-state index contributed by atoms with van der Waals surface area (Å²) in [6, 6.07) is 0. The molecule has 0 atom stereocenters. The largest absolute Gasteiger partial charge is 0.481 e. The smallest absolute Gasteiger partial charge is 0.303 e. The second-order valence-corrected chi connectivity index (χ2v) is 6.08. The molecule has 1 aliphatic carbocycles. The first-order valence-corrected chi connectivity index (χ1v) is 7.45. The average molecular weight is 293 g/mol. The molecule has 116 valence electrons. The van der Waals surface area contributed by atoms with Gasteiger partial charge in [0.25, 0.3) is 0 Å². The molecule has 6 nitrogen and oxygen atoms in total. The number of carbonyl (C=O) groups excluding carboxylic acids is 1. The van der Waals surface area contributed by atoms with Crippen LogP contribution in [0, 0.1) is 5.41 Å². The molecule has 21 heavy (non-hydrogen) atoms. The van der Waals surface area contributed by atoms with Crippen LogP contribution < -0.4 is 5.32 Å². The lowest BCUT2D eigenvalue weighted by atomic mass is 9.79. The predicted octanol–water partition coefficient (Wildman–Crippen LogP) is 1.50. The van der Waals surface area contributed by atoms with Crippen molar-refractivity contribution in [1.82, 2.24) is 15.1 Å². The van der Waals surface area contributed by atoms with Crippen molar-refractivity contribution < 1.29 is 14.7 Å². The molecule has 0 radical (unpaired) electrons. The Morgan fingerprint density at radius 3 is 2.67 bits per heavy atom. The van der Waals surface area contributed by atoms with Crippen LogP contribution in [-0.4, -0.2) is 33.3 Å². The predicted molar refractivity (Wildman–Crippen MR) is 77.7 cm³/mol. The van der Waals surface area contributed by atoms with Crippen molar-refractivity contribution in [3.8, 4) is 0 Å². The van der Waals surface area contributed by atoms with E-state index >= 15 is 0 Å². The van der Waals surface area contributed by atoms with Crippen molar-refractivity contribution in [3.63, 3.8) is 0 Å². The van der Waals surface area contributed by atoms with Gasteiger partial charge in [0.2, 0.25) is 5.91 Å². The molecule has 6 heteroatoms. The maximum absolute atomic E-state index is 12.1. The lowest BCUT2D eigenvalue weighted by Crippen LogP contribution is -2.33. The molecule has 1 amide bonds. The van der Waals surface area contributed by atoms with Crippen LogP contribution in [0.25, 0.3) is 0 Å². The van der Waals surface area contributed by atoms with E-state index in [1.807, 2.05) is 13.2 Å². The Hall–Kier alpha value is -1.85. The Labute approximate surface area is 124 Å². The Morgan fingerprint density at radius 1 is 1.38 bits per heavy atom. The van der Waals surface area contributed by atoms with Crippen molar-refractivity contribution in [2.24, 2.45) is 12.5 Å². The molecule has 1 heterocycles. The molecular weight excluding hydrogens is 270 g/mol. The molecule has 2 rings (SSSR count). The van der Waals surface area contributed by atoms with E-state index in [0.717, 1.165) is 37.7 Å². The molecule has 2 N–H and O–H groups in total. The number of aromatic nitrogens is 2. The van der Waals surface area contributed by atoms with Crippen LogP contribution in [0.15, 0.2) is 12.4 Å². The SMILES string of the molecule is Cn1cc(CCNC(=O)CC2(CC(=O)O)CCCC2)cn1. The van der Waals surface area contributed by atoms with E-state index in [0.29, 0.717) is 13.0 Å². The minimum atomic E-state index is -0.806. The minimum absolute atomic E-state index is 0.0398. The first-order valence-electron chi connectivity index (χ1n) is 7.45. The van der Waals surface area contributed by atoms with Gasteiger partial charge in [0, 0.05) is 26.2 Å². The number of hydrogen-bond donors (Lipinski definition) is 2. The van der Waals surface area contributed by atoms with Crippen molar-refractivity contribution in [2.45, 2.75) is 44.9 Å². The normalized spacial score (nSPS) is 16.8. The number of nitrogens with one attached hydrogen (secondary N) is 1. The molecule has 1 fully saturated rings. The van der Waals surface area contributed by atoms with Gasteiger partial charge in [-0.3, -0.25) is 14.3 Å². The molecular formula is C15H23N3O3. The zero-order valence-corrected chi connectivity index (χ0v) is 12.5. The molecule has 0 aromatic carbocycles. The van der Waals surface area contributed by atoms with Gasteiger partial charge in [-0.15, -0.1) is 0 Å². The highest BCUT2D eigenvalue weighted by atomic mass is 16.4. The fourth-order valence-electron chi connectivity index (χ4n) is 3.21. The summed E-state index contributed by atoms with van der Waals surface area (Å²) in [6.07, 6.45) is 8.61. The van der Waals surface area contributed by atoms with Crippen molar-refractivity contribution in [2.75, 3.05) is 6.54 Å². The third kappa shape index (κ3) is 4.58.